The molecule has 0 fully saturated rings. The summed E-state index contributed by atoms with van der Waals surface area (Å²) in [5.41, 5.74) is 1.27. The van der Waals surface area contributed by atoms with Gasteiger partial charge in [-0.15, -0.1) is 0 Å². The van der Waals surface area contributed by atoms with Gasteiger partial charge in [0, 0.05) is 18.0 Å². The number of nitrogens with zero attached hydrogens (tertiary/aromatic N) is 1. The molecule has 78 valence electrons. The number of hydrogen-bond acceptors (Lipinski definition) is 3. The number of para-hydroxylation sites is 1. The van der Waals surface area contributed by atoms with Crippen molar-refractivity contribution in [3.63, 3.8) is 0 Å². The van der Waals surface area contributed by atoms with E-state index in [0.29, 0.717) is 5.92 Å². The highest BCUT2D eigenvalue weighted by Gasteiger charge is 2.26. The van der Waals surface area contributed by atoms with Gasteiger partial charge in [0.2, 0.25) is 0 Å². The van der Waals surface area contributed by atoms with Crippen LogP contribution in [0.4, 0.5) is 0 Å². The van der Waals surface area contributed by atoms with E-state index in [1.54, 1.807) is 0 Å². The number of fused-ring (bicyclic) bond motifs is 1. The number of nitrogens with one attached hydrogen (secondary N) is 1. The smallest absolute Gasteiger partial charge is 0.123 e. The van der Waals surface area contributed by atoms with Crippen LogP contribution in [0, 0.1) is 0 Å². The summed E-state index contributed by atoms with van der Waals surface area (Å²) in [6.07, 6.45) is 1.03. The monoisotopic (exact) mass is 202 g/mol. The molecule has 2 aliphatic rings. The van der Waals surface area contributed by atoms with Gasteiger partial charge >= 0.3 is 0 Å². The van der Waals surface area contributed by atoms with Crippen molar-refractivity contribution < 1.29 is 4.74 Å². The normalized spacial score (nSPS) is 23.7. The van der Waals surface area contributed by atoms with Gasteiger partial charge in [-0.1, -0.05) is 18.2 Å². The lowest BCUT2D eigenvalue weighted by Crippen LogP contribution is -2.29. The Morgan fingerprint density at radius 1 is 1.33 bits per heavy atom. The third-order valence-electron chi connectivity index (χ3n) is 2.99. The van der Waals surface area contributed by atoms with Crippen LogP contribution < -0.4 is 10.1 Å². The highest BCUT2D eigenvalue weighted by molar-refractivity contribution is 5.91. The summed E-state index contributed by atoms with van der Waals surface area (Å²) < 4.78 is 5.63. The Bertz CT molecular complexity index is 400. The second-order valence-corrected chi connectivity index (χ2v) is 3.92. The topological polar surface area (TPSA) is 33.6 Å². The average molecular weight is 202 g/mol. The van der Waals surface area contributed by atoms with Crippen molar-refractivity contribution in [2.75, 3.05) is 19.7 Å². The quantitative estimate of drug-likeness (QED) is 0.749. The molecule has 3 heteroatoms. The molecule has 1 aromatic rings. The van der Waals surface area contributed by atoms with Gasteiger partial charge in [-0.25, -0.2) is 0 Å². The van der Waals surface area contributed by atoms with Gasteiger partial charge in [-0.05, 0) is 12.5 Å². The first kappa shape index (κ1) is 8.77. The minimum absolute atomic E-state index is 0.414. The standard InChI is InChI=1S/C12H14N2O/c1-2-4-11-9(3-1)10(5-8-15-11)12-13-6-7-14-12/h1-4,10H,5-8H2,(H,13,14). The molecule has 0 saturated heterocycles. The van der Waals surface area contributed by atoms with E-state index in [2.05, 4.69) is 22.4 Å². The van der Waals surface area contributed by atoms with Crippen molar-refractivity contribution in [1.29, 1.82) is 0 Å². The number of amidine groups is 1. The van der Waals surface area contributed by atoms with Crippen molar-refractivity contribution >= 4 is 5.84 Å². The summed E-state index contributed by atoms with van der Waals surface area (Å²) in [6.45, 7) is 2.69. The number of hydrogen-bond donors (Lipinski definition) is 1. The molecular formula is C12H14N2O. The molecule has 0 aliphatic carbocycles. The van der Waals surface area contributed by atoms with Crippen LogP contribution in [-0.4, -0.2) is 25.5 Å². The van der Waals surface area contributed by atoms with E-state index in [0.717, 1.165) is 37.7 Å². The number of ether oxygens (including phenoxy) is 1. The van der Waals surface area contributed by atoms with Gasteiger partial charge in [0.05, 0.1) is 13.2 Å². The Balaban J connectivity index is 1.98. The molecule has 2 aliphatic heterocycles. The van der Waals surface area contributed by atoms with Gasteiger partial charge in [0.25, 0.3) is 0 Å². The predicted octanol–water partition coefficient (Wildman–Crippen LogP) is 1.55. The summed E-state index contributed by atoms with van der Waals surface area (Å²) in [5.74, 6) is 2.58. The van der Waals surface area contributed by atoms with Gasteiger partial charge < -0.3 is 10.1 Å². The fourth-order valence-corrected chi connectivity index (χ4v) is 2.28. The third kappa shape index (κ3) is 1.48. The summed E-state index contributed by atoms with van der Waals surface area (Å²) in [6, 6.07) is 8.26. The SMILES string of the molecule is c1ccc2c(c1)OCCC2C1=NCCN1. The molecule has 0 spiro atoms. The summed E-state index contributed by atoms with van der Waals surface area (Å²) >= 11 is 0. The second kappa shape index (κ2) is 3.57. The van der Waals surface area contributed by atoms with Gasteiger partial charge in [0.15, 0.2) is 0 Å². The minimum Gasteiger partial charge on any atom is -0.493 e. The zero-order chi connectivity index (χ0) is 10.1. The first-order valence-electron chi connectivity index (χ1n) is 5.45. The van der Waals surface area contributed by atoms with Gasteiger partial charge in [-0.2, -0.15) is 0 Å². The third-order valence-corrected chi connectivity index (χ3v) is 2.99. The van der Waals surface area contributed by atoms with Crippen LogP contribution in [0.2, 0.25) is 0 Å². The molecule has 1 aromatic carbocycles. The Morgan fingerprint density at radius 2 is 2.27 bits per heavy atom. The van der Waals surface area contributed by atoms with Crippen molar-refractivity contribution in [3.05, 3.63) is 29.8 Å². The van der Waals surface area contributed by atoms with Crippen LogP contribution in [-0.2, 0) is 0 Å². The Kier molecular flexibility index (Phi) is 2.09. The van der Waals surface area contributed by atoms with Crippen molar-refractivity contribution in [1.82, 2.24) is 5.32 Å². The van der Waals surface area contributed by atoms with Crippen LogP contribution in [0.3, 0.4) is 0 Å². The molecule has 0 aromatic heterocycles. The van der Waals surface area contributed by atoms with Crippen LogP contribution in [0.1, 0.15) is 17.9 Å². The lowest BCUT2D eigenvalue weighted by molar-refractivity contribution is 0.281. The minimum atomic E-state index is 0.414. The van der Waals surface area contributed by atoms with Crippen molar-refractivity contribution in [2.24, 2.45) is 4.99 Å². The molecule has 0 radical (unpaired) electrons. The Hall–Kier alpha value is -1.51. The maximum atomic E-state index is 5.63. The molecule has 1 unspecified atom stereocenters. The maximum absolute atomic E-state index is 5.63. The molecule has 0 saturated carbocycles. The first-order chi connectivity index (χ1) is 7.45. The van der Waals surface area contributed by atoms with E-state index < -0.39 is 0 Å². The number of rotatable bonds is 1. The molecule has 1 atom stereocenters. The highest BCUT2D eigenvalue weighted by Crippen LogP contribution is 2.34. The van der Waals surface area contributed by atoms with E-state index in [4.69, 9.17) is 4.74 Å². The summed E-state index contributed by atoms with van der Waals surface area (Å²) in [7, 11) is 0. The van der Waals surface area contributed by atoms with Crippen LogP contribution >= 0.6 is 0 Å². The summed E-state index contributed by atoms with van der Waals surface area (Å²) in [4.78, 5) is 4.51. The van der Waals surface area contributed by atoms with Gasteiger partial charge in [-0.3, -0.25) is 4.99 Å². The van der Waals surface area contributed by atoms with E-state index >= 15 is 0 Å². The molecule has 2 heterocycles. The fraction of sp³-hybridized carbons (Fsp3) is 0.417. The first-order valence-corrected chi connectivity index (χ1v) is 5.45. The van der Waals surface area contributed by atoms with Crippen molar-refractivity contribution in [3.8, 4) is 5.75 Å². The molecular weight excluding hydrogens is 188 g/mol. The summed E-state index contributed by atoms with van der Waals surface area (Å²) in [5, 5.41) is 3.36. The zero-order valence-corrected chi connectivity index (χ0v) is 8.57. The average Bonchev–Trinajstić information content (AvgIpc) is 2.82. The fourth-order valence-electron chi connectivity index (χ4n) is 2.28. The van der Waals surface area contributed by atoms with Gasteiger partial charge in [0.1, 0.15) is 11.6 Å². The van der Waals surface area contributed by atoms with Crippen LogP contribution in [0.25, 0.3) is 0 Å². The van der Waals surface area contributed by atoms with Crippen LogP contribution in [0.5, 0.6) is 5.75 Å². The van der Waals surface area contributed by atoms with E-state index in [-0.39, 0.29) is 0 Å². The predicted molar refractivity (Wildman–Crippen MR) is 59.6 cm³/mol. The Labute approximate surface area is 89.2 Å². The molecule has 3 rings (SSSR count). The highest BCUT2D eigenvalue weighted by atomic mass is 16.5. The zero-order valence-electron chi connectivity index (χ0n) is 8.57. The van der Waals surface area contributed by atoms with E-state index in [1.165, 1.54) is 5.56 Å². The molecule has 0 amide bonds. The number of benzene rings is 1. The lowest BCUT2D eigenvalue weighted by atomic mass is 9.92. The molecule has 15 heavy (non-hydrogen) atoms. The molecule has 1 N–H and O–H groups in total. The van der Waals surface area contributed by atoms with E-state index in [1.807, 2.05) is 12.1 Å². The lowest BCUT2D eigenvalue weighted by Gasteiger charge is -2.25. The second-order valence-electron chi connectivity index (χ2n) is 3.92. The maximum Gasteiger partial charge on any atom is 0.123 e. The molecule has 0 bridgehead atoms. The van der Waals surface area contributed by atoms with Crippen LogP contribution in [0.15, 0.2) is 29.3 Å². The molecule has 3 nitrogen and oxygen atoms in total. The number of aliphatic imine (C=N–C) groups is 1. The largest absolute Gasteiger partial charge is 0.493 e. The Morgan fingerprint density at radius 3 is 3.13 bits per heavy atom. The van der Waals surface area contributed by atoms with Crippen molar-refractivity contribution in [2.45, 2.75) is 12.3 Å². The van der Waals surface area contributed by atoms with E-state index in [9.17, 15) is 0 Å².